The van der Waals surface area contributed by atoms with E-state index in [-0.39, 0.29) is 11.7 Å². The van der Waals surface area contributed by atoms with Gasteiger partial charge in [0.05, 0.1) is 0 Å². The second-order valence-electron chi connectivity index (χ2n) is 7.77. The van der Waals surface area contributed by atoms with Gasteiger partial charge in [0.2, 0.25) is 0 Å². The lowest BCUT2D eigenvalue weighted by Gasteiger charge is -2.08. The van der Waals surface area contributed by atoms with Crippen molar-refractivity contribution in [2.75, 3.05) is 0 Å². The van der Waals surface area contributed by atoms with E-state index in [1.165, 1.54) is 5.39 Å². The van der Waals surface area contributed by atoms with Gasteiger partial charge in [0.15, 0.2) is 0 Å². The Morgan fingerprint density at radius 2 is 1.39 bits per heavy atom. The van der Waals surface area contributed by atoms with Crippen molar-refractivity contribution in [1.82, 2.24) is 5.32 Å². The van der Waals surface area contributed by atoms with Crippen LogP contribution < -0.4 is 5.32 Å². The van der Waals surface area contributed by atoms with Crippen molar-refractivity contribution in [2.45, 2.75) is 25.8 Å². The van der Waals surface area contributed by atoms with Crippen molar-refractivity contribution in [1.29, 1.82) is 0 Å². The van der Waals surface area contributed by atoms with Gasteiger partial charge in [0.1, 0.15) is 5.78 Å². The van der Waals surface area contributed by atoms with Crippen LogP contribution in [0.15, 0.2) is 97.1 Å². The van der Waals surface area contributed by atoms with Gasteiger partial charge in [-0.05, 0) is 46.0 Å². The Morgan fingerprint density at radius 1 is 0.645 bits per heavy atom. The van der Waals surface area contributed by atoms with Crippen LogP contribution in [0.4, 0.5) is 0 Å². The third-order valence-electron chi connectivity index (χ3n) is 5.39. The van der Waals surface area contributed by atoms with Crippen molar-refractivity contribution < 1.29 is 9.59 Å². The molecule has 0 saturated heterocycles. The van der Waals surface area contributed by atoms with Crippen LogP contribution >= 0.6 is 0 Å². The molecule has 0 atom stereocenters. The molecule has 1 N–H and O–H groups in total. The second-order valence-corrected chi connectivity index (χ2v) is 7.77. The third-order valence-corrected chi connectivity index (χ3v) is 5.39. The molecular weight excluding hydrogens is 382 g/mol. The number of hydrogen-bond donors (Lipinski definition) is 1. The van der Waals surface area contributed by atoms with E-state index in [0.29, 0.717) is 31.4 Å². The minimum atomic E-state index is -0.104. The first kappa shape index (κ1) is 20.5. The molecule has 0 aromatic heterocycles. The zero-order valence-corrected chi connectivity index (χ0v) is 17.4. The monoisotopic (exact) mass is 407 g/mol. The molecule has 0 aliphatic rings. The van der Waals surface area contributed by atoms with Crippen LogP contribution in [0.5, 0.6) is 0 Å². The summed E-state index contributed by atoms with van der Waals surface area (Å²) >= 11 is 0. The molecule has 154 valence electrons. The van der Waals surface area contributed by atoms with Gasteiger partial charge in [-0.15, -0.1) is 0 Å². The number of ketones is 1. The molecule has 3 nitrogen and oxygen atoms in total. The summed E-state index contributed by atoms with van der Waals surface area (Å²) in [5.41, 5.74) is 3.72. The van der Waals surface area contributed by atoms with E-state index in [9.17, 15) is 9.59 Å². The lowest BCUT2D eigenvalue weighted by atomic mass is 9.99. The van der Waals surface area contributed by atoms with E-state index < -0.39 is 0 Å². The molecule has 0 bridgehead atoms. The lowest BCUT2D eigenvalue weighted by Crippen LogP contribution is -2.22. The number of aryl methyl sites for hydroxylation is 1. The molecule has 0 aliphatic heterocycles. The van der Waals surface area contributed by atoms with Gasteiger partial charge in [0.25, 0.3) is 5.91 Å². The van der Waals surface area contributed by atoms with Gasteiger partial charge in [0, 0.05) is 24.9 Å². The Bertz CT molecular complexity index is 1200. The standard InChI is InChI=1S/C28H25NO2/c30-27(19-23-13-15-24-10-4-5-11-25(24)18-23)16-14-21-9-6-12-26(17-21)28(31)29-20-22-7-2-1-3-8-22/h1-13,15,17-18H,14,16,19-20H2,(H,29,31). The van der Waals surface area contributed by atoms with Crippen LogP contribution in [-0.4, -0.2) is 11.7 Å². The zero-order valence-electron chi connectivity index (χ0n) is 17.4. The fraction of sp³-hybridized carbons (Fsp3) is 0.143. The van der Waals surface area contributed by atoms with Crippen LogP contribution in [0.1, 0.15) is 33.5 Å². The molecule has 1 amide bonds. The number of benzene rings is 4. The number of rotatable bonds is 8. The average Bonchev–Trinajstić information content (AvgIpc) is 2.82. The normalized spacial score (nSPS) is 10.7. The first-order valence-corrected chi connectivity index (χ1v) is 10.6. The van der Waals surface area contributed by atoms with E-state index in [4.69, 9.17) is 0 Å². The molecule has 4 aromatic rings. The first-order valence-electron chi connectivity index (χ1n) is 10.6. The highest BCUT2D eigenvalue weighted by Gasteiger charge is 2.09. The van der Waals surface area contributed by atoms with Gasteiger partial charge in [-0.1, -0.05) is 84.9 Å². The van der Waals surface area contributed by atoms with E-state index in [2.05, 4.69) is 29.6 Å². The smallest absolute Gasteiger partial charge is 0.251 e. The molecule has 0 radical (unpaired) electrons. The number of nitrogens with one attached hydrogen (secondary N) is 1. The topological polar surface area (TPSA) is 46.2 Å². The van der Waals surface area contributed by atoms with Crippen molar-refractivity contribution in [3.05, 3.63) is 119 Å². The summed E-state index contributed by atoms with van der Waals surface area (Å²) in [5.74, 6) is 0.0995. The second kappa shape index (κ2) is 9.86. The number of hydrogen-bond acceptors (Lipinski definition) is 2. The third kappa shape index (κ3) is 5.67. The van der Waals surface area contributed by atoms with Crippen molar-refractivity contribution >= 4 is 22.5 Å². The van der Waals surface area contributed by atoms with Crippen LogP contribution in [0, 0.1) is 0 Å². The minimum absolute atomic E-state index is 0.104. The predicted molar refractivity (Wildman–Crippen MR) is 125 cm³/mol. The molecule has 0 unspecified atom stereocenters. The Kier molecular flexibility index (Phi) is 6.53. The summed E-state index contributed by atoms with van der Waals surface area (Å²) in [6, 6.07) is 31.7. The molecule has 4 aromatic carbocycles. The Labute approximate surface area is 182 Å². The van der Waals surface area contributed by atoms with Crippen molar-refractivity contribution in [3.8, 4) is 0 Å². The number of fused-ring (bicyclic) bond motifs is 1. The number of carbonyl (C=O) groups is 2. The van der Waals surface area contributed by atoms with Gasteiger partial charge in [-0.3, -0.25) is 9.59 Å². The van der Waals surface area contributed by atoms with Crippen LogP contribution in [0.25, 0.3) is 10.8 Å². The molecule has 0 spiro atoms. The fourth-order valence-corrected chi connectivity index (χ4v) is 3.70. The summed E-state index contributed by atoms with van der Waals surface area (Å²) in [4.78, 5) is 25.0. The molecular formula is C28H25NO2. The number of amides is 1. The number of carbonyl (C=O) groups excluding carboxylic acids is 2. The van der Waals surface area contributed by atoms with Gasteiger partial charge < -0.3 is 5.32 Å². The maximum atomic E-state index is 12.5. The van der Waals surface area contributed by atoms with Gasteiger partial charge in [-0.25, -0.2) is 0 Å². The minimum Gasteiger partial charge on any atom is -0.348 e. The maximum absolute atomic E-state index is 12.5. The van der Waals surface area contributed by atoms with Gasteiger partial charge >= 0.3 is 0 Å². The van der Waals surface area contributed by atoms with Crippen LogP contribution in [0.3, 0.4) is 0 Å². The van der Waals surface area contributed by atoms with Crippen LogP contribution in [0.2, 0.25) is 0 Å². The van der Waals surface area contributed by atoms with E-state index in [1.54, 1.807) is 6.07 Å². The highest BCUT2D eigenvalue weighted by Crippen LogP contribution is 2.17. The first-order chi connectivity index (χ1) is 15.2. The summed E-state index contributed by atoms with van der Waals surface area (Å²) in [6.45, 7) is 0.494. The van der Waals surface area contributed by atoms with Crippen molar-refractivity contribution in [3.63, 3.8) is 0 Å². The predicted octanol–water partition coefficient (Wildman–Crippen LogP) is 5.51. The van der Waals surface area contributed by atoms with E-state index in [1.807, 2.05) is 66.7 Å². The molecule has 0 heterocycles. The Hall–Kier alpha value is -3.72. The largest absolute Gasteiger partial charge is 0.348 e. The summed E-state index contributed by atoms with van der Waals surface area (Å²) in [7, 11) is 0. The molecule has 31 heavy (non-hydrogen) atoms. The zero-order chi connectivity index (χ0) is 21.5. The maximum Gasteiger partial charge on any atom is 0.251 e. The Balaban J connectivity index is 1.31. The van der Waals surface area contributed by atoms with E-state index >= 15 is 0 Å². The lowest BCUT2D eigenvalue weighted by molar-refractivity contribution is -0.118. The highest BCUT2D eigenvalue weighted by atomic mass is 16.1. The fourth-order valence-electron chi connectivity index (χ4n) is 3.70. The quantitative estimate of drug-likeness (QED) is 0.418. The number of Topliss-reactive ketones (excluding diaryl/α,β-unsaturated/α-hetero) is 1. The average molecular weight is 408 g/mol. The summed E-state index contributed by atoms with van der Waals surface area (Å²) in [5, 5.41) is 5.28. The summed E-state index contributed by atoms with van der Waals surface area (Å²) in [6.07, 6.45) is 1.52. The molecule has 0 fully saturated rings. The summed E-state index contributed by atoms with van der Waals surface area (Å²) < 4.78 is 0. The van der Waals surface area contributed by atoms with Crippen LogP contribution in [-0.2, 0) is 24.2 Å². The molecule has 4 rings (SSSR count). The Morgan fingerprint density at radius 3 is 2.23 bits per heavy atom. The van der Waals surface area contributed by atoms with Gasteiger partial charge in [-0.2, -0.15) is 0 Å². The SMILES string of the molecule is O=C(CCc1cccc(C(=O)NCc2ccccc2)c1)Cc1ccc2ccccc2c1. The van der Waals surface area contributed by atoms with E-state index in [0.717, 1.165) is 22.1 Å². The highest BCUT2D eigenvalue weighted by molar-refractivity contribution is 5.94. The molecule has 3 heteroatoms. The molecule has 0 aliphatic carbocycles. The van der Waals surface area contributed by atoms with Crippen molar-refractivity contribution in [2.24, 2.45) is 0 Å². The molecule has 0 saturated carbocycles.